The zero-order valence-corrected chi connectivity index (χ0v) is 20.7. The molecule has 1 atom stereocenters. The number of aromatic amines is 1. The molecule has 4 rings (SSSR count). The number of methoxy groups -OCH3 is 1. The zero-order chi connectivity index (χ0) is 24.8. The Balaban J connectivity index is 1.80. The third kappa shape index (κ3) is 4.85. The van der Waals surface area contributed by atoms with Gasteiger partial charge in [0.2, 0.25) is 15.9 Å². The van der Waals surface area contributed by atoms with Gasteiger partial charge in [0.15, 0.2) is 0 Å². The number of amides is 3. The summed E-state index contributed by atoms with van der Waals surface area (Å²) in [4.78, 5) is 33.8. The number of imidazole rings is 1. The van der Waals surface area contributed by atoms with E-state index in [-0.39, 0.29) is 30.3 Å². The van der Waals surface area contributed by atoms with Gasteiger partial charge in [0.25, 0.3) is 0 Å². The Kier molecular flexibility index (Phi) is 6.03. The van der Waals surface area contributed by atoms with Gasteiger partial charge in [-0.05, 0) is 23.6 Å². The van der Waals surface area contributed by atoms with Gasteiger partial charge < -0.3 is 9.72 Å². The first-order valence-electron chi connectivity index (χ1n) is 10.9. The normalized spacial score (nSPS) is 18.6. The van der Waals surface area contributed by atoms with E-state index in [1.54, 1.807) is 13.2 Å². The number of rotatable bonds is 5. The molecular formula is C23H29N5O5S. The third-order valence-electron chi connectivity index (χ3n) is 5.79. The summed E-state index contributed by atoms with van der Waals surface area (Å²) in [6.07, 6.45) is 5.34. The van der Waals surface area contributed by atoms with Gasteiger partial charge in [-0.3, -0.25) is 15.0 Å². The van der Waals surface area contributed by atoms with Crippen molar-refractivity contribution in [1.29, 1.82) is 0 Å². The molecule has 1 aromatic carbocycles. The molecule has 0 spiro atoms. The fourth-order valence-corrected chi connectivity index (χ4v) is 4.93. The molecular weight excluding hydrogens is 458 g/mol. The number of carbonyl (C=O) groups is 2. The standard InChI is InChI=1S/C23H29N5O5S/c1-23(2,3)16-12-14(28-9-8-19(29)26-22(28)30)11-15(20(16)33-4)21-24-17-7-6-13(10-18(17)25-21)27-34(5,31)32/h6-7,11-13,27H,8-10H2,1-5H3,(H,24,25)(H,26,29,30). The number of anilines is 1. The summed E-state index contributed by atoms with van der Waals surface area (Å²) in [5, 5.41) is 2.37. The average molecular weight is 488 g/mol. The van der Waals surface area contributed by atoms with Crippen molar-refractivity contribution in [2.75, 3.05) is 24.8 Å². The Morgan fingerprint density at radius 2 is 1.97 bits per heavy atom. The van der Waals surface area contributed by atoms with Crippen LogP contribution in [0.25, 0.3) is 17.5 Å². The molecule has 1 saturated heterocycles. The van der Waals surface area contributed by atoms with Crippen LogP contribution in [0.2, 0.25) is 0 Å². The molecule has 1 unspecified atom stereocenters. The zero-order valence-electron chi connectivity index (χ0n) is 19.9. The molecule has 1 aromatic heterocycles. The Hall–Kier alpha value is -3.18. The number of urea groups is 1. The minimum Gasteiger partial charge on any atom is -0.496 e. The number of benzene rings is 1. The number of aromatic nitrogens is 2. The van der Waals surface area contributed by atoms with Crippen molar-refractivity contribution in [3.05, 3.63) is 35.2 Å². The molecule has 2 heterocycles. The van der Waals surface area contributed by atoms with E-state index < -0.39 is 16.1 Å². The molecule has 0 saturated carbocycles. The van der Waals surface area contributed by atoms with Crippen LogP contribution in [-0.2, 0) is 26.7 Å². The molecule has 11 heteroatoms. The predicted octanol–water partition coefficient (Wildman–Crippen LogP) is 2.32. The number of hydrogen-bond acceptors (Lipinski definition) is 6. The van der Waals surface area contributed by atoms with E-state index in [0.717, 1.165) is 23.2 Å². The maximum absolute atomic E-state index is 12.6. The average Bonchev–Trinajstić information content (AvgIpc) is 3.14. The molecule has 10 nitrogen and oxygen atoms in total. The lowest BCUT2D eigenvalue weighted by Gasteiger charge is -2.30. The Bertz CT molecular complexity index is 1290. The molecule has 2 aromatic rings. The number of ether oxygens (including phenoxy) is 1. The number of hydrogen-bond donors (Lipinski definition) is 3. The summed E-state index contributed by atoms with van der Waals surface area (Å²) in [6.45, 7) is 6.43. The molecule has 0 bridgehead atoms. The quantitative estimate of drug-likeness (QED) is 0.593. The van der Waals surface area contributed by atoms with Crippen LogP contribution < -0.4 is 19.7 Å². The van der Waals surface area contributed by atoms with Crippen molar-refractivity contribution < 1.29 is 22.7 Å². The van der Waals surface area contributed by atoms with Crippen LogP contribution in [0.1, 0.15) is 44.1 Å². The highest BCUT2D eigenvalue weighted by molar-refractivity contribution is 7.88. The van der Waals surface area contributed by atoms with Crippen LogP contribution in [0.15, 0.2) is 18.2 Å². The number of nitrogens with one attached hydrogen (secondary N) is 3. The molecule has 0 radical (unpaired) electrons. The second kappa shape index (κ2) is 8.55. The van der Waals surface area contributed by atoms with Gasteiger partial charge in [0.05, 0.1) is 30.3 Å². The fraction of sp³-hybridized carbons (Fsp3) is 0.435. The van der Waals surface area contributed by atoms with Crippen molar-refractivity contribution in [2.45, 2.75) is 45.1 Å². The Labute approximate surface area is 198 Å². The molecule has 1 aliphatic heterocycles. The minimum absolute atomic E-state index is 0.215. The van der Waals surface area contributed by atoms with E-state index in [9.17, 15) is 18.0 Å². The van der Waals surface area contributed by atoms with E-state index >= 15 is 0 Å². The first-order valence-corrected chi connectivity index (χ1v) is 12.8. The smallest absolute Gasteiger partial charge is 0.328 e. The number of fused-ring (bicyclic) bond motifs is 1. The first-order chi connectivity index (χ1) is 15.9. The summed E-state index contributed by atoms with van der Waals surface area (Å²) in [5.41, 5.74) is 3.39. The van der Waals surface area contributed by atoms with Crippen LogP contribution in [0.4, 0.5) is 10.5 Å². The molecule has 3 N–H and O–H groups in total. The minimum atomic E-state index is -3.36. The first kappa shape index (κ1) is 24.0. The highest BCUT2D eigenvalue weighted by atomic mass is 32.2. The second-order valence-electron chi connectivity index (χ2n) is 9.58. The van der Waals surface area contributed by atoms with Crippen molar-refractivity contribution >= 4 is 33.7 Å². The molecule has 34 heavy (non-hydrogen) atoms. The highest BCUT2D eigenvalue weighted by Crippen LogP contribution is 2.42. The van der Waals surface area contributed by atoms with Crippen LogP contribution in [-0.4, -0.2) is 56.3 Å². The summed E-state index contributed by atoms with van der Waals surface area (Å²) in [5.74, 6) is 0.881. The summed E-state index contributed by atoms with van der Waals surface area (Å²) >= 11 is 0. The van der Waals surface area contributed by atoms with E-state index in [0.29, 0.717) is 29.2 Å². The fourth-order valence-electron chi connectivity index (χ4n) is 4.22. The van der Waals surface area contributed by atoms with Crippen molar-refractivity contribution in [1.82, 2.24) is 20.0 Å². The summed E-state index contributed by atoms with van der Waals surface area (Å²) in [7, 11) is -1.77. The summed E-state index contributed by atoms with van der Waals surface area (Å²) in [6, 6.07) is 2.88. The number of carbonyl (C=O) groups excluding carboxylic acids is 2. The lowest BCUT2D eigenvalue weighted by atomic mass is 9.84. The Morgan fingerprint density at radius 1 is 1.24 bits per heavy atom. The van der Waals surface area contributed by atoms with Gasteiger partial charge in [0, 0.05) is 36.7 Å². The van der Waals surface area contributed by atoms with Crippen molar-refractivity contribution in [3.63, 3.8) is 0 Å². The van der Waals surface area contributed by atoms with Gasteiger partial charge in [-0.15, -0.1) is 0 Å². The molecule has 3 amide bonds. The Morgan fingerprint density at radius 3 is 2.59 bits per heavy atom. The van der Waals surface area contributed by atoms with E-state index in [1.165, 1.54) is 4.90 Å². The second-order valence-corrected chi connectivity index (χ2v) is 11.4. The predicted molar refractivity (Wildman–Crippen MR) is 129 cm³/mol. The van der Waals surface area contributed by atoms with Crippen molar-refractivity contribution in [3.8, 4) is 17.1 Å². The van der Waals surface area contributed by atoms with E-state index in [2.05, 4.69) is 35.8 Å². The van der Waals surface area contributed by atoms with Crippen LogP contribution in [0, 0.1) is 0 Å². The van der Waals surface area contributed by atoms with Gasteiger partial charge in [-0.2, -0.15) is 0 Å². The van der Waals surface area contributed by atoms with E-state index in [1.807, 2.05) is 18.2 Å². The lowest BCUT2D eigenvalue weighted by Crippen LogP contribution is -2.49. The maximum Gasteiger partial charge on any atom is 0.328 e. The number of imide groups is 1. The SMILES string of the molecule is COc1c(-c2nc3c([nH]2)C=CC(NS(C)(=O)=O)C3)cc(N2CCC(=O)NC2=O)cc1C(C)(C)C. The molecule has 1 fully saturated rings. The topological polar surface area (TPSA) is 133 Å². The van der Waals surface area contributed by atoms with Crippen molar-refractivity contribution in [2.24, 2.45) is 0 Å². The largest absolute Gasteiger partial charge is 0.496 e. The number of sulfonamides is 1. The highest BCUT2D eigenvalue weighted by Gasteiger charge is 2.30. The molecule has 2 aliphatic rings. The number of nitrogens with zero attached hydrogens (tertiary/aromatic N) is 2. The number of H-pyrrole nitrogens is 1. The van der Waals surface area contributed by atoms with Gasteiger partial charge in [0.1, 0.15) is 11.6 Å². The van der Waals surface area contributed by atoms with Gasteiger partial charge in [-0.25, -0.2) is 22.9 Å². The van der Waals surface area contributed by atoms with Gasteiger partial charge >= 0.3 is 6.03 Å². The molecule has 1 aliphatic carbocycles. The van der Waals surface area contributed by atoms with Crippen LogP contribution in [0.5, 0.6) is 5.75 Å². The lowest BCUT2D eigenvalue weighted by molar-refractivity contribution is -0.120. The van der Waals surface area contributed by atoms with Crippen LogP contribution in [0.3, 0.4) is 0 Å². The summed E-state index contributed by atoms with van der Waals surface area (Å²) < 4.78 is 31.7. The van der Waals surface area contributed by atoms with Gasteiger partial charge in [-0.1, -0.05) is 26.8 Å². The molecule has 182 valence electrons. The monoisotopic (exact) mass is 487 g/mol. The van der Waals surface area contributed by atoms with E-state index in [4.69, 9.17) is 9.72 Å². The third-order valence-corrected chi connectivity index (χ3v) is 6.52. The van der Waals surface area contributed by atoms with Crippen LogP contribution >= 0.6 is 0 Å². The maximum atomic E-state index is 12.6.